The third-order valence-corrected chi connectivity index (χ3v) is 20.1. The quantitative estimate of drug-likeness (QED) is 0.0222. The van der Waals surface area contributed by atoms with Gasteiger partial charge in [-0.1, -0.05) is 344 Å². The summed E-state index contributed by atoms with van der Waals surface area (Å²) in [6.45, 7) is 11.9. The van der Waals surface area contributed by atoms with Gasteiger partial charge < -0.3 is 33.8 Å². The molecular formula is C77H150O17P2. The van der Waals surface area contributed by atoms with Crippen molar-refractivity contribution in [3.63, 3.8) is 0 Å². The summed E-state index contributed by atoms with van der Waals surface area (Å²) in [5, 5.41) is 10.6. The monoisotopic (exact) mass is 1410 g/mol. The zero-order valence-electron chi connectivity index (χ0n) is 62.8. The number of rotatable bonds is 75. The lowest BCUT2D eigenvalue weighted by molar-refractivity contribution is -0.161. The third kappa shape index (κ3) is 69.2. The lowest BCUT2D eigenvalue weighted by Gasteiger charge is -2.21. The SMILES string of the molecule is CCCCCCCCCCCCCCCCCCC(=O)OC[C@H](COP(=O)(O)OC[C@@H](O)COP(=O)(O)OC[C@@H](COC(=O)CCCCCCCCC(C)C)OC(=O)CCCCCCCCCCC(C)CC)OC(=O)CCCCCCCCCCCCCCCCCCC(C)C. The Balaban J connectivity index is 5.23. The Morgan fingerprint density at radius 1 is 0.302 bits per heavy atom. The Labute approximate surface area is 588 Å². The molecule has 0 rings (SSSR count). The fourth-order valence-electron chi connectivity index (χ4n) is 11.7. The number of aliphatic hydroxyl groups excluding tert-OH is 1. The van der Waals surface area contributed by atoms with Gasteiger partial charge in [0.2, 0.25) is 0 Å². The molecule has 0 radical (unpaired) electrons. The molecule has 0 fully saturated rings. The average molecular weight is 1410 g/mol. The number of hydrogen-bond acceptors (Lipinski definition) is 15. The maximum atomic E-state index is 13.1. The minimum absolute atomic E-state index is 0.104. The van der Waals surface area contributed by atoms with Crippen molar-refractivity contribution in [1.82, 2.24) is 0 Å². The molecular weight excluding hydrogens is 1260 g/mol. The molecule has 17 nitrogen and oxygen atoms in total. The molecule has 6 atom stereocenters. The molecule has 0 aromatic rings. The number of carbonyl (C=O) groups excluding carboxylic acids is 4. The third-order valence-electron chi connectivity index (χ3n) is 18.2. The van der Waals surface area contributed by atoms with Crippen LogP contribution in [-0.4, -0.2) is 96.7 Å². The summed E-state index contributed by atoms with van der Waals surface area (Å²) in [6.07, 6.45) is 54.3. The Hall–Kier alpha value is -1.94. The van der Waals surface area contributed by atoms with E-state index in [1.54, 1.807) is 0 Å². The second kappa shape index (κ2) is 67.5. The normalized spacial score (nSPS) is 14.3. The molecule has 0 heterocycles. The topological polar surface area (TPSA) is 237 Å². The van der Waals surface area contributed by atoms with E-state index in [0.717, 1.165) is 108 Å². The van der Waals surface area contributed by atoms with Crippen LogP contribution in [0, 0.1) is 17.8 Å². The minimum Gasteiger partial charge on any atom is -0.462 e. The van der Waals surface area contributed by atoms with Crippen LogP contribution < -0.4 is 0 Å². The number of aliphatic hydroxyl groups is 1. The Kier molecular flexibility index (Phi) is 66.2. The van der Waals surface area contributed by atoms with Crippen LogP contribution in [0.1, 0.15) is 395 Å². The van der Waals surface area contributed by atoms with Crippen molar-refractivity contribution in [2.75, 3.05) is 39.6 Å². The Morgan fingerprint density at radius 2 is 0.531 bits per heavy atom. The van der Waals surface area contributed by atoms with Crippen LogP contribution in [0.4, 0.5) is 0 Å². The van der Waals surface area contributed by atoms with E-state index >= 15 is 0 Å². The molecule has 19 heteroatoms. The first kappa shape index (κ1) is 94.1. The van der Waals surface area contributed by atoms with Gasteiger partial charge in [0.15, 0.2) is 12.2 Å². The van der Waals surface area contributed by atoms with Gasteiger partial charge in [-0.2, -0.15) is 0 Å². The molecule has 3 unspecified atom stereocenters. The summed E-state index contributed by atoms with van der Waals surface area (Å²) in [7, 11) is -9.91. The van der Waals surface area contributed by atoms with Crippen LogP contribution in [0.15, 0.2) is 0 Å². The van der Waals surface area contributed by atoms with Crippen molar-refractivity contribution in [3.8, 4) is 0 Å². The molecule has 0 aromatic heterocycles. The van der Waals surface area contributed by atoms with Crippen LogP contribution in [0.25, 0.3) is 0 Å². The highest BCUT2D eigenvalue weighted by Gasteiger charge is 2.30. The summed E-state index contributed by atoms with van der Waals surface area (Å²) < 4.78 is 68.5. The predicted octanol–water partition coefficient (Wildman–Crippen LogP) is 22.6. The second-order valence-corrected chi connectivity index (χ2v) is 31.8. The van der Waals surface area contributed by atoms with E-state index in [1.165, 1.54) is 199 Å². The van der Waals surface area contributed by atoms with Gasteiger partial charge in [0.05, 0.1) is 26.4 Å². The van der Waals surface area contributed by atoms with Crippen molar-refractivity contribution in [1.29, 1.82) is 0 Å². The highest BCUT2D eigenvalue weighted by atomic mass is 31.2. The standard InChI is InChI=1S/C77H150O17P2/c1-8-10-11-12-13-14-15-16-17-21-24-27-30-36-44-51-58-74(79)87-64-72(93-76(81)60-53-46-37-31-28-25-22-19-18-20-23-26-29-34-41-48-55-68(3)4)66-91-95(83,84)89-62-71(78)63-90-96(85,86)92-67-73(65-88-75(80)59-52-45-40-39-42-49-56-69(5)6)94-77(82)61-54-47-38-33-32-35-43-50-57-70(7)9-2/h68-73,78H,8-67H2,1-7H3,(H,83,84)(H,85,86)/t70?,71-,72-,73-/m1/s1. The zero-order valence-corrected chi connectivity index (χ0v) is 64.6. The number of phosphoric ester groups is 2. The van der Waals surface area contributed by atoms with Gasteiger partial charge in [-0.05, 0) is 43.4 Å². The van der Waals surface area contributed by atoms with Gasteiger partial charge in [-0.3, -0.25) is 37.3 Å². The highest BCUT2D eigenvalue weighted by Crippen LogP contribution is 2.45. The van der Waals surface area contributed by atoms with Crippen molar-refractivity contribution in [2.24, 2.45) is 17.8 Å². The molecule has 0 saturated carbocycles. The van der Waals surface area contributed by atoms with Gasteiger partial charge in [0.25, 0.3) is 0 Å². The first-order chi connectivity index (χ1) is 46.3. The Bertz CT molecular complexity index is 1870. The van der Waals surface area contributed by atoms with Gasteiger partial charge in [0.1, 0.15) is 19.3 Å². The molecule has 0 bridgehead atoms. The molecule has 3 N–H and O–H groups in total. The van der Waals surface area contributed by atoms with Crippen molar-refractivity contribution >= 4 is 39.5 Å². The molecule has 0 aromatic carbocycles. The van der Waals surface area contributed by atoms with E-state index in [9.17, 15) is 43.2 Å². The molecule has 0 spiro atoms. The van der Waals surface area contributed by atoms with Crippen LogP contribution in [-0.2, 0) is 65.4 Å². The van der Waals surface area contributed by atoms with E-state index in [0.29, 0.717) is 31.6 Å². The van der Waals surface area contributed by atoms with E-state index in [1.807, 2.05) is 0 Å². The number of carbonyl (C=O) groups is 4. The summed E-state index contributed by atoms with van der Waals surface area (Å²) in [6, 6.07) is 0. The smallest absolute Gasteiger partial charge is 0.462 e. The molecule has 96 heavy (non-hydrogen) atoms. The van der Waals surface area contributed by atoms with Crippen LogP contribution in [0.5, 0.6) is 0 Å². The van der Waals surface area contributed by atoms with E-state index in [2.05, 4.69) is 48.5 Å². The van der Waals surface area contributed by atoms with Crippen molar-refractivity contribution in [2.45, 2.75) is 414 Å². The number of hydrogen-bond donors (Lipinski definition) is 3. The molecule has 570 valence electrons. The summed E-state index contributed by atoms with van der Waals surface area (Å²) in [5.74, 6) is 0.139. The van der Waals surface area contributed by atoms with E-state index in [4.69, 9.17) is 37.0 Å². The zero-order chi connectivity index (χ0) is 70.9. The maximum absolute atomic E-state index is 13.1. The fraction of sp³-hybridized carbons (Fsp3) is 0.948. The molecule has 0 aliphatic heterocycles. The largest absolute Gasteiger partial charge is 0.472 e. The number of ether oxygens (including phenoxy) is 4. The first-order valence-corrected chi connectivity index (χ1v) is 42.9. The Morgan fingerprint density at radius 3 is 0.792 bits per heavy atom. The summed E-state index contributed by atoms with van der Waals surface area (Å²) >= 11 is 0. The maximum Gasteiger partial charge on any atom is 0.472 e. The van der Waals surface area contributed by atoms with Crippen LogP contribution in [0.3, 0.4) is 0 Å². The van der Waals surface area contributed by atoms with Gasteiger partial charge in [0, 0.05) is 25.7 Å². The molecule has 0 amide bonds. The lowest BCUT2D eigenvalue weighted by Crippen LogP contribution is -2.30. The number of esters is 4. The molecule has 0 saturated heterocycles. The fourth-order valence-corrected chi connectivity index (χ4v) is 13.3. The highest BCUT2D eigenvalue weighted by molar-refractivity contribution is 7.47. The van der Waals surface area contributed by atoms with Crippen molar-refractivity contribution in [3.05, 3.63) is 0 Å². The molecule has 0 aliphatic rings. The van der Waals surface area contributed by atoms with Gasteiger partial charge in [-0.25, -0.2) is 9.13 Å². The molecule has 0 aliphatic carbocycles. The average Bonchev–Trinajstić information content (AvgIpc) is 1.21. The second-order valence-electron chi connectivity index (χ2n) is 28.9. The number of phosphoric acid groups is 2. The summed E-state index contributed by atoms with van der Waals surface area (Å²) in [5.41, 5.74) is 0. The first-order valence-electron chi connectivity index (χ1n) is 39.9. The van der Waals surface area contributed by atoms with Crippen LogP contribution in [0.2, 0.25) is 0 Å². The lowest BCUT2D eigenvalue weighted by atomic mass is 9.99. The van der Waals surface area contributed by atoms with E-state index < -0.39 is 97.5 Å². The van der Waals surface area contributed by atoms with Crippen molar-refractivity contribution < 1.29 is 80.2 Å². The summed E-state index contributed by atoms with van der Waals surface area (Å²) in [4.78, 5) is 72.8. The van der Waals surface area contributed by atoms with E-state index in [-0.39, 0.29) is 25.7 Å². The number of unbranched alkanes of at least 4 members (excludes halogenated alkanes) is 42. The van der Waals surface area contributed by atoms with Gasteiger partial charge >= 0.3 is 39.5 Å². The van der Waals surface area contributed by atoms with Gasteiger partial charge in [-0.15, -0.1) is 0 Å². The minimum atomic E-state index is -4.96. The predicted molar refractivity (Wildman–Crippen MR) is 391 cm³/mol. The van der Waals surface area contributed by atoms with Crippen LogP contribution >= 0.6 is 15.6 Å².